The maximum Gasteiger partial charge on any atom is 0.328 e. The lowest BCUT2D eigenvalue weighted by atomic mass is 10.2. The van der Waals surface area contributed by atoms with Crippen molar-refractivity contribution in [3.05, 3.63) is 33.1 Å². The normalized spacial score (nSPS) is 23.0. The fourth-order valence-corrected chi connectivity index (χ4v) is 3.26. The summed E-state index contributed by atoms with van der Waals surface area (Å²) in [6, 6.07) is 1.32. The molecule has 1 aliphatic heterocycles. The van der Waals surface area contributed by atoms with Crippen LogP contribution < -0.4 is 11.2 Å². The molecular formula is C15H26N2O4Si. The Morgan fingerprint density at radius 2 is 2.09 bits per heavy atom. The smallest absolute Gasteiger partial charge is 0.328 e. The van der Waals surface area contributed by atoms with Crippen LogP contribution in [0.3, 0.4) is 0 Å². The molecular weight excluding hydrogens is 300 g/mol. The van der Waals surface area contributed by atoms with Crippen LogP contribution in [-0.2, 0) is 9.16 Å². The topological polar surface area (TPSA) is 73.3 Å². The van der Waals surface area contributed by atoms with E-state index in [9.17, 15) is 9.59 Å². The summed E-state index contributed by atoms with van der Waals surface area (Å²) in [5, 5.41) is 0.168. The van der Waals surface area contributed by atoms with Gasteiger partial charge in [-0.1, -0.05) is 20.8 Å². The maximum absolute atomic E-state index is 11.8. The van der Waals surface area contributed by atoms with Crippen LogP contribution in [0.4, 0.5) is 0 Å². The Morgan fingerprint density at radius 1 is 1.41 bits per heavy atom. The molecule has 0 aliphatic carbocycles. The summed E-state index contributed by atoms with van der Waals surface area (Å²) in [4.78, 5) is 25.2. The van der Waals surface area contributed by atoms with E-state index < -0.39 is 8.32 Å². The van der Waals surface area contributed by atoms with Crippen molar-refractivity contribution >= 4 is 8.32 Å². The first-order valence-corrected chi connectivity index (χ1v) is 10.6. The lowest BCUT2D eigenvalue weighted by Gasteiger charge is -2.36. The van der Waals surface area contributed by atoms with Gasteiger partial charge in [-0.05, 0) is 24.6 Å². The summed E-state index contributed by atoms with van der Waals surface area (Å²) in [5.74, 6) is 0. The molecule has 6 nitrogen and oxygen atoms in total. The Bertz CT molecular complexity index is 629. The molecule has 1 aromatic rings. The van der Waals surface area contributed by atoms with Crippen LogP contribution in [0.15, 0.2) is 21.9 Å². The number of aromatic amines is 1. The third kappa shape index (κ3) is 3.77. The van der Waals surface area contributed by atoms with E-state index in [1.165, 1.54) is 16.8 Å². The number of ether oxygens (including phenoxy) is 1. The largest absolute Gasteiger partial charge is 0.414 e. The number of aromatic nitrogens is 2. The third-order valence-electron chi connectivity index (χ3n) is 4.74. The van der Waals surface area contributed by atoms with E-state index in [4.69, 9.17) is 9.16 Å². The van der Waals surface area contributed by atoms with Gasteiger partial charge in [-0.3, -0.25) is 14.3 Å². The summed E-state index contributed by atoms with van der Waals surface area (Å²) in [6.45, 7) is 12.1. The monoisotopic (exact) mass is 326 g/mol. The first-order valence-electron chi connectivity index (χ1n) is 7.67. The lowest BCUT2D eigenvalue weighted by Crippen LogP contribution is -2.42. The highest BCUT2D eigenvalue weighted by molar-refractivity contribution is 6.74. The molecule has 0 amide bonds. The molecule has 7 heteroatoms. The van der Waals surface area contributed by atoms with Gasteiger partial charge in [-0.25, -0.2) is 4.79 Å². The quantitative estimate of drug-likeness (QED) is 0.858. The summed E-state index contributed by atoms with van der Waals surface area (Å²) in [6.07, 6.45) is 2.25. The summed E-state index contributed by atoms with van der Waals surface area (Å²) in [7, 11) is -1.79. The molecule has 1 aromatic heterocycles. The number of hydrogen-bond acceptors (Lipinski definition) is 4. The average Bonchev–Trinajstić information content (AvgIpc) is 2.83. The highest BCUT2D eigenvalue weighted by Gasteiger charge is 2.38. The van der Waals surface area contributed by atoms with Crippen molar-refractivity contribution < 1.29 is 9.16 Å². The molecule has 1 aliphatic rings. The second-order valence-corrected chi connectivity index (χ2v) is 12.2. The van der Waals surface area contributed by atoms with Crippen molar-refractivity contribution in [3.63, 3.8) is 0 Å². The van der Waals surface area contributed by atoms with Gasteiger partial charge in [0.2, 0.25) is 0 Å². The van der Waals surface area contributed by atoms with Crippen molar-refractivity contribution in [3.8, 4) is 0 Å². The summed E-state index contributed by atoms with van der Waals surface area (Å²) in [5.41, 5.74) is -0.759. The van der Waals surface area contributed by atoms with Crippen LogP contribution in [0.5, 0.6) is 0 Å². The van der Waals surface area contributed by atoms with E-state index in [1.807, 2.05) is 0 Å². The van der Waals surface area contributed by atoms with Crippen LogP contribution in [0.25, 0.3) is 0 Å². The Morgan fingerprint density at radius 3 is 2.68 bits per heavy atom. The second kappa shape index (κ2) is 6.14. The van der Waals surface area contributed by atoms with Gasteiger partial charge in [0.05, 0.1) is 25.4 Å². The molecule has 1 N–H and O–H groups in total. The molecule has 0 saturated carbocycles. The predicted molar refractivity (Wildman–Crippen MR) is 87.9 cm³/mol. The van der Waals surface area contributed by atoms with E-state index in [0.29, 0.717) is 13.2 Å². The van der Waals surface area contributed by atoms with E-state index in [1.54, 1.807) is 0 Å². The Hall–Kier alpha value is -1.18. The first kappa shape index (κ1) is 17.2. The highest BCUT2D eigenvalue weighted by Crippen LogP contribution is 2.37. The minimum absolute atomic E-state index is 0.00190. The zero-order chi connectivity index (χ0) is 16.5. The molecule has 1 saturated heterocycles. The molecule has 22 heavy (non-hydrogen) atoms. The number of H-pyrrole nitrogens is 1. The number of rotatable bonds is 4. The Balaban J connectivity index is 1.96. The molecule has 1 fully saturated rings. The van der Waals surface area contributed by atoms with Crippen molar-refractivity contribution in [2.45, 2.75) is 57.5 Å². The standard InChI is InChI=1S/C15H26N2O4Si/c1-15(2,3)22(4,5)21-10-12-8-11(9-20-12)17-7-6-13(18)16-14(17)19/h6-7,11-12H,8-10H2,1-5H3,(H,16,18,19). The molecule has 0 radical (unpaired) electrons. The van der Waals surface area contributed by atoms with Crippen LogP contribution >= 0.6 is 0 Å². The van der Waals surface area contributed by atoms with E-state index in [0.717, 1.165) is 6.42 Å². The fraction of sp³-hybridized carbons (Fsp3) is 0.733. The minimum atomic E-state index is -1.79. The van der Waals surface area contributed by atoms with Gasteiger partial charge in [0.25, 0.3) is 5.56 Å². The van der Waals surface area contributed by atoms with Crippen LogP contribution in [-0.4, -0.2) is 37.2 Å². The van der Waals surface area contributed by atoms with Crippen molar-refractivity contribution in [1.82, 2.24) is 9.55 Å². The van der Waals surface area contributed by atoms with Crippen molar-refractivity contribution in [1.29, 1.82) is 0 Å². The third-order valence-corrected chi connectivity index (χ3v) is 9.24. The molecule has 0 bridgehead atoms. The minimum Gasteiger partial charge on any atom is -0.414 e. The van der Waals surface area contributed by atoms with Gasteiger partial charge < -0.3 is 9.16 Å². The molecule has 2 rings (SSSR count). The van der Waals surface area contributed by atoms with Crippen LogP contribution in [0.1, 0.15) is 33.2 Å². The molecule has 2 atom stereocenters. The zero-order valence-corrected chi connectivity index (χ0v) is 15.0. The van der Waals surface area contributed by atoms with E-state index in [2.05, 4.69) is 38.8 Å². The highest BCUT2D eigenvalue weighted by atomic mass is 28.4. The number of nitrogens with zero attached hydrogens (tertiary/aromatic N) is 1. The van der Waals surface area contributed by atoms with E-state index >= 15 is 0 Å². The zero-order valence-electron chi connectivity index (χ0n) is 14.0. The van der Waals surface area contributed by atoms with Gasteiger partial charge in [0, 0.05) is 12.3 Å². The van der Waals surface area contributed by atoms with Gasteiger partial charge in [-0.2, -0.15) is 0 Å². The van der Waals surface area contributed by atoms with Crippen molar-refractivity contribution in [2.75, 3.05) is 13.2 Å². The summed E-state index contributed by atoms with van der Waals surface area (Å²) < 4.78 is 13.5. The van der Waals surface area contributed by atoms with Crippen LogP contribution in [0, 0.1) is 0 Å². The summed E-state index contributed by atoms with van der Waals surface area (Å²) >= 11 is 0. The SMILES string of the molecule is CC(C)(C)[Si](C)(C)OCC1CC(n2ccc(=O)[nH]c2=O)CO1. The first-order chi connectivity index (χ1) is 10.1. The maximum atomic E-state index is 11.8. The second-order valence-electron chi connectivity index (χ2n) is 7.43. The average molecular weight is 326 g/mol. The molecule has 124 valence electrons. The Labute approximate surface area is 131 Å². The molecule has 0 aromatic carbocycles. The van der Waals surface area contributed by atoms with Gasteiger partial charge in [0.15, 0.2) is 8.32 Å². The van der Waals surface area contributed by atoms with Crippen molar-refractivity contribution in [2.24, 2.45) is 0 Å². The van der Waals surface area contributed by atoms with Gasteiger partial charge >= 0.3 is 5.69 Å². The number of hydrogen-bond donors (Lipinski definition) is 1. The van der Waals surface area contributed by atoms with E-state index in [-0.39, 0.29) is 28.4 Å². The molecule has 2 unspecified atom stereocenters. The van der Waals surface area contributed by atoms with Gasteiger partial charge in [-0.15, -0.1) is 0 Å². The van der Waals surface area contributed by atoms with Gasteiger partial charge in [0.1, 0.15) is 0 Å². The predicted octanol–water partition coefficient (Wildman–Crippen LogP) is 1.89. The molecule has 2 heterocycles. The molecule has 0 spiro atoms. The Kier molecular flexibility index (Phi) is 4.79. The van der Waals surface area contributed by atoms with Crippen LogP contribution in [0.2, 0.25) is 18.1 Å². The number of nitrogens with one attached hydrogen (secondary N) is 1. The fourth-order valence-electron chi connectivity index (χ4n) is 2.23. The lowest BCUT2D eigenvalue weighted by molar-refractivity contribution is 0.0612.